The fourth-order valence-corrected chi connectivity index (χ4v) is 7.49. The molecule has 51 heavy (non-hydrogen) atoms. The van der Waals surface area contributed by atoms with Crippen LogP contribution in [0, 0.1) is 0 Å². The Hall–Kier alpha value is -5.44. The molecule has 1 saturated heterocycles. The molecule has 7 aromatic rings. The number of benzene rings is 3. The highest BCUT2D eigenvalue weighted by atomic mass is 35.5. The number of nitrogens with zero attached hydrogens (tertiary/aromatic N) is 5. The van der Waals surface area contributed by atoms with Gasteiger partial charge in [0.25, 0.3) is 5.91 Å². The van der Waals surface area contributed by atoms with E-state index in [0.29, 0.717) is 27.3 Å². The Morgan fingerprint density at radius 1 is 0.863 bits per heavy atom. The number of halogens is 2. The average molecular weight is 713 g/mol. The third-order valence-electron chi connectivity index (χ3n) is 9.84. The van der Waals surface area contributed by atoms with Gasteiger partial charge < -0.3 is 19.8 Å². The van der Waals surface area contributed by atoms with E-state index in [1.54, 1.807) is 6.20 Å². The largest absolute Gasteiger partial charge is 0.355 e. The summed E-state index contributed by atoms with van der Waals surface area (Å²) >= 11 is 12.8. The van der Waals surface area contributed by atoms with Crippen LogP contribution in [0.5, 0.6) is 0 Å². The molecule has 1 aliphatic rings. The normalized spacial score (nSPS) is 14.1. The van der Waals surface area contributed by atoms with Crippen LogP contribution in [0.25, 0.3) is 33.4 Å². The summed E-state index contributed by atoms with van der Waals surface area (Å²) in [5.74, 6) is 0.931. The summed E-state index contributed by atoms with van der Waals surface area (Å²) in [6.45, 7) is 3.77. The number of fused-ring (bicyclic) bond motifs is 1. The number of piperidine rings is 1. The molecule has 1 aliphatic heterocycles. The van der Waals surface area contributed by atoms with Gasteiger partial charge in [-0.2, -0.15) is 0 Å². The number of imidazole rings is 1. The number of rotatable bonds is 8. The maximum Gasteiger partial charge on any atom is 0.272 e. The van der Waals surface area contributed by atoms with Crippen LogP contribution < -0.4 is 10.2 Å². The van der Waals surface area contributed by atoms with E-state index in [9.17, 15) is 4.79 Å². The summed E-state index contributed by atoms with van der Waals surface area (Å²) in [4.78, 5) is 34.2. The minimum Gasteiger partial charge on any atom is -0.355 e. The van der Waals surface area contributed by atoms with E-state index < -0.39 is 0 Å². The lowest BCUT2D eigenvalue weighted by molar-refractivity contribution is 0.102. The first kappa shape index (κ1) is 32.7. The zero-order chi connectivity index (χ0) is 34.9. The second-order valence-corrected chi connectivity index (χ2v) is 13.8. The first-order valence-electron chi connectivity index (χ1n) is 17.0. The van der Waals surface area contributed by atoms with Crippen LogP contribution >= 0.6 is 23.2 Å². The molecule has 3 aromatic carbocycles. The standard InChI is InChI=1S/C41H35Cl2N7O/c1-26(27-9-11-31(42)12-10-27)50-25-46-37(30-6-3-2-4-7-30)39(50)36-33-14-13-32(43)24-35(33)47-38(36)41(51)48-34-8-5-19-45-40(34)49-22-17-29(18-23-49)28-15-20-44-21-16-28/h2-16,19-21,24-26,29,47H,17-18,22-23H2,1H3,(H,48,51)/t26-/m0/s1. The third kappa shape index (κ3) is 6.49. The number of carbonyl (C=O) groups is 1. The molecule has 10 heteroatoms. The Morgan fingerprint density at radius 2 is 1.61 bits per heavy atom. The number of amides is 1. The Bertz CT molecular complexity index is 2310. The lowest BCUT2D eigenvalue weighted by Crippen LogP contribution is -2.34. The van der Waals surface area contributed by atoms with Gasteiger partial charge in [0.2, 0.25) is 0 Å². The highest BCUT2D eigenvalue weighted by Gasteiger charge is 2.29. The van der Waals surface area contributed by atoms with E-state index in [4.69, 9.17) is 33.2 Å². The molecule has 1 atom stereocenters. The van der Waals surface area contributed by atoms with Crippen molar-refractivity contribution in [3.05, 3.63) is 149 Å². The Labute approximate surface area is 306 Å². The Morgan fingerprint density at radius 3 is 2.37 bits per heavy atom. The molecule has 4 aromatic heterocycles. The van der Waals surface area contributed by atoms with Crippen molar-refractivity contribution in [1.29, 1.82) is 0 Å². The van der Waals surface area contributed by atoms with E-state index in [0.717, 1.165) is 70.7 Å². The third-order valence-corrected chi connectivity index (χ3v) is 10.3. The second kappa shape index (κ2) is 14.1. The van der Waals surface area contributed by atoms with Crippen molar-refractivity contribution in [2.24, 2.45) is 0 Å². The fraction of sp³-hybridized carbons (Fsp3) is 0.171. The van der Waals surface area contributed by atoms with Gasteiger partial charge in [-0.3, -0.25) is 9.78 Å². The maximum absolute atomic E-state index is 14.6. The predicted molar refractivity (Wildman–Crippen MR) is 206 cm³/mol. The van der Waals surface area contributed by atoms with E-state index >= 15 is 0 Å². The number of hydrogen-bond donors (Lipinski definition) is 2. The summed E-state index contributed by atoms with van der Waals surface area (Å²) in [6.07, 6.45) is 9.31. The van der Waals surface area contributed by atoms with Crippen LogP contribution in [-0.2, 0) is 0 Å². The molecule has 1 amide bonds. The molecule has 0 bridgehead atoms. The predicted octanol–water partition coefficient (Wildman–Crippen LogP) is 10.0. The molecule has 0 aliphatic carbocycles. The van der Waals surface area contributed by atoms with Crippen molar-refractivity contribution in [2.75, 3.05) is 23.3 Å². The van der Waals surface area contributed by atoms with Crippen molar-refractivity contribution in [1.82, 2.24) is 24.5 Å². The van der Waals surface area contributed by atoms with Gasteiger partial charge in [-0.15, -0.1) is 0 Å². The minimum atomic E-state index is -0.288. The molecule has 0 unspecified atom stereocenters. The van der Waals surface area contributed by atoms with Gasteiger partial charge in [-0.1, -0.05) is 71.7 Å². The monoisotopic (exact) mass is 711 g/mol. The van der Waals surface area contributed by atoms with Gasteiger partial charge in [-0.05, 0) is 85.3 Å². The fourth-order valence-electron chi connectivity index (χ4n) is 7.19. The average Bonchev–Trinajstić information content (AvgIpc) is 3.77. The number of pyridine rings is 2. The number of carbonyl (C=O) groups excluding carboxylic acids is 1. The quantitative estimate of drug-likeness (QED) is 0.164. The molecule has 0 radical (unpaired) electrons. The van der Waals surface area contributed by atoms with Crippen molar-refractivity contribution in [3.63, 3.8) is 0 Å². The first-order valence-corrected chi connectivity index (χ1v) is 17.8. The van der Waals surface area contributed by atoms with Crippen LogP contribution in [0.15, 0.2) is 122 Å². The molecular weight excluding hydrogens is 677 g/mol. The number of aromatic nitrogens is 5. The summed E-state index contributed by atoms with van der Waals surface area (Å²) in [7, 11) is 0. The summed E-state index contributed by atoms with van der Waals surface area (Å²) < 4.78 is 2.13. The molecular formula is C41H35Cl2N7O. The van der Waals surface area contributed by atoms with E-state index in [1.165, 1.54) is 5.56 Å². The summed E-state index contributed by atoms with van der Waals surface area (Å²) in [5, 5.41) is 5.33. The highest BCUT2D eigenvalue weighted by molar-refractivity contribution is 6.31. The van der Waals surface area contributed by atoms with Crippen LogP contribution in [0.2, 0.25) is 10.0 Å². The Kier molecular flexibility index (Phi) is 9.02. The first-order chi connectivity index (χ1) is 24.9. The smallest absolute Gasteiger partial charge is 0.272 e. The minimum absolute atomic E-state index is 0.129. The molecule has 8 nitrogen and oxygen atoms in total. The zero-order valence-electron chi connectivity index (χ0n) is 27.9. The van der Waals surface area contributed by atoms with Gasteiger partial charge in [0.1, 0.15) is 5.69 Å². The Balaban J connectivity index is 1.20. The lowest BCUT2D eigenvalue weighted by Gasteiger charge is -2.34. The number of aromatic amines is 1. The van der Waals surface area contributed by atoms with E-state index in [-0.39, 0.29) is 11.9 Å². The van der Waals surface area contributed by atoms with Crippen LogP contribution in [0.1, 0.15) is 53.3 Å². The van der Waals surface area contributed by atoms with Crippen molar-refractivity contribution in [3.8, 4) is 22.5 Å². The van der Waals surface area contributed by atoms with Crippen molar-refractivity contribution < 1.29 is 4.79 Å². The molecule has 2 N–H and O–H groups in total. The van der Waals surface area contributed by atoms with Gasteiger partial charge in [0.15, 0.2) is 5.82 Å². The van der Waals surface area contributed by atoms with Crippen LogP contribution in [0.4, 0.5) is 11.5 Å². The maximum atomic E-state index is 14.6. The molecule has 8 rings (SSSR count). The second-order valence-electron chi connectivity index (χ2n) is 12.9. The topological polar surface area (TPSA) is 91.7 Å². The molecule has 254 valence electrons. The van der Waals surface area contributed by atoms with Gasteiger partial charge in [-0.25, -0.2) is 9.97 Å². The van der Waals surface area contributed by atoms with Gasteiger partial charge in [0, 0.05) is 63.8 Å². The molecule has 0 saturated carbocycles. The SMILES string of the molecule is C[C@@H](c1ccc(Cl)cc1)n1cnc(-c2ccccc2)c1-c1c(C(=O)Nc2cccnc2N2CCC(c3ccncc3)CC2)[nH]c2cc(Cl)ccc12. The lowest BCUT2D eigenvalue weighted by atomic mass is 9.90. The number of hydrogen-bond acceptors (Lipinski definition) is 5. The number of anilines is 2. The van der Waals surface area contributed by atoms with Gasteiger partial charge >= 0.3 is 0 Å². The van der Waals surface area contributed by atoms with Crippen LogP contribution in [-0.4, -0.2) is 43.5 Å². The zero-order valence-corrected chi connectivity index (χ0v) is 29.4. The van der Waals surface area contributed by atoms with E-state index in [1.807, 2.05) is 104 Å². The molecule has 1 fully saturated rings. The molecule has 0 spiro atoms. The number of H-pyrrole nitrogens is 1. The highest BCUT2D eigenvalue weighted by Crippen LogP contribution is 2.42. The van der Waals surface area contributed by atoms with Crippen molar-refractivity contribution >= 4 is 51.5 Å². The van der Waals surface area contributed by atoms with Crippen molar-refractivity contribution in [2.45, 2.75) is 31.7 Å². The summed E-state index contributed by atoms with van der Waals surface area (Å²) in [5.41, 5.74) is 7.42. The molecule has 5 heterocycles. The van der Waals surface area contributed by atoms with E-state index in [2.05, 4.69) is 43.8 Å². The van der Waals surface area contributed by atoms with Gasteiger partial charge in [0.05, 0.1) is 29.4 Å². The summed E-state index contributed by atoms with van der Waals surface area (Å²) in [6, 6.07) is 31.4. The number of nitrogens with one attached hydrogen (secondary N) is 2. The van der Waals surface area contributed by atoms with Crippen LogP contribution in [0.3, 0.4) is 0 Å².